The number of aromatic amines is 1. The maximum absolute atomic E-state index is 11.2. The van der Waals surface area contributed by atoms with E-state index in [1.54, 1.807) is 24.4 Å². The number of benzene rings is 3. The molecule has 7 nitrogen and oxygen atoms in total. The molecule has 3 aromatic carbocycles. The molecule has 7 heteroatoms. The maximum Gasteiger partial charge on any atom is 0.344 e. The Hall–Kier alpha value is -4.65. The summed E-state index contributed by atoms with van der Waals surface area (Å²) < 4.78 is 11.8. The van der Waals surface area contributed by atoms with Gasteiger partial charge in [0.25, 0.3) is 0 Å². The molecule has 168 valence electrons. The lowest BCUT2D eigenvalue weighted by atomic mass is 10.1. The third kappa shape index (κ3) is 4.19. The van der Waals surface area contributed by atoms with Crippen LogP contribution >= 0.6 is 0 Å². The van der Waals surface area contributed by atoms with E-state index in [9.17, 15) is 4.79 Å². The van der Waals surface area contributed by atoms with E-state index in [1.165, 1.54) is 6.92 Å². The van der Waals surface area contributed by atoms with Gasteiger partial charge in [-0.1, -0.05) is 72.8 Å². The molecular formula is C27H21N3O4. The van der Waals surface area contributed by atoms with E-state index < -0.39 is 12.1 Å². The van der Waals surface area contributed by atoms with Crippen LogP contribution in [0.4, 0.5) is 0 Å². The Morgan fingerprint density at radius 3 is 2.32 bits per heavy atom. The second-order valence-electron chi connectivity index (χ2n) is 7.71. The van der Waals surface area contributed by atoms with E-state index in [-0.39, 0.29) is 0 Å². The minimum absolute atomic E-state index is 0.423. The second kappa shape index (κ2) is 9.07. The maximum atomic E-state index is 11.2. The van der Waals surface area contributed by atoms with Crippen LogP contribution in [0, 0.1) is 0 Å². The smallest absolute Gasteiger partial charge is 0.344 e. The van der Waals surface area contributed by atoms with Gasteiger partial charge in [0.1, 0.15) is 11.4 Å². The molecule has 0 radical (unpaired) electrons. The van der Waals surface area contributed by atoms with Crippen molar-refractivity contribution in [3.63, 3.8) is 0 Å². The lowest BCUT2D eigenvalue weighted by Gasteiger charge is -2.11. The first-order chi connectivity index (χ1) is 16.6. The summed E-state index contributed by atoms with van der Waals surface area (Å²) in [5.74, 6) is 0.498. The van der Waals surface area contributed by atoms with Crippen LogP contribution in [0.5, 0.6) is 5.75 Å². The first-order valence-corrected chi connectivity index (χ1v) is 10.8. The molecule has 34 heavy (non-hydrogen) atoms. The number of hydrogen-bond donors (Lipinski definition) is 2. The molecule has 0 saturated carbocycles. The highest BCUT2D eigenvalue weighted by Crippen LogP contribution is 2.38. The first kappa shape index (κ1) is 21.2. The molecule has 2 heterocycles. The topological polar surface area (TPSA) is 101 Å². The molecule has 0 aliphatic carbocycles. The largest absolute Gasteiger partial charge is 0.479 e. The number of nitrogens with one attached hydrogen (secondary N) is 1. The van der Waals surface area contributed by atoms with Gasteiger partial charge in [-0.25, -0.2) is 9.78 Å². The summed E-state index contributed by atoms with van der Waals surface area (Å²) in [6.07, 6.45) is 0.697. The highest BCUT2D eigenvalue weighted by Gasteiger charge is 2.22. The summed E-state index contributed by atoms with van der Waals surface area (Å²) in [5.41, 5.74) is 4.74. The van der Waals surface area contributed by atoms with Crippen LogP contribution in [0.15, 0.2) is 95.5 Å². The normalized spacial score (nSPS) is 11.8. The van der Waals surface area contributed by atoms with Gasteiger partial charge in [-0.3, -0.25) is 5.10 Å². The van der Waals surface area contributed by atoms with Gasteiger partial charge in [0.15, 0.2) is 11.9 Å². The SMILES string of the molecule is CC(Oc1cccc(-c2[nH]ncc2-c2nc(-c3ccccc3)c(-c3ccccc3)o2)c1)C(=O)O. The van der Waals surface area contributed by atoms with E-state index in [0.29, 0.717) is 28.7 Å². The van der Waals surface area contributed by atoms with Crippen molar-refractivity contribution in [2.45, 2.75) is 13.0 Å². The zero-order chi connectivity index (χ0) is 23.5. The number of oxazole rings is 1. The Labute approximate surface area is 195 Å². The number of carboxylic acids is 1. The van der Waals surface area contributed by atoms with Crippen molar-refractivity contribution in [1.29, 1.82) is 0 Å². The molecule has 0 bridgehead atoms. The van der Waals surface area contributed by atoms with E-state index in [2.05, 4.69) is 10.2 Å². The Kier molecular flexibility index (Phi) is 5.66. The van der Waals surface area contributed by atoms with Crippen LogP contribution in [-0.2, 0) is 4.79 Å². The summed E-state index contributed by atoms with van der Waals surface area (Å²) in [6, 6.07) is 26.9. The van der Waals surface area contributed by atoms with Gasteiger partial charge in [0.05, 0.1) is 17.5 Å². The monoisotopic (exact) mass is 451 g/mol. The van der Waals surface area contributed by atoms with Crippen molar-refractivity contribution >= 4 is 5.97 Å². The summed E-state index contributed by atoms with van der Waals surface area (Å²) >= 11 is 0. The number of aliphatic carboxylic acids is 1. The van der Waals surface area contributed by atoms with Crippen LogP contribution in [0.25, 0.3) is 45.3 Å². The van der Waals surface area contributed by atoms with Crippen molar-refractivity contribution in [3.05, 3.63) is 91.1 Å². The average Bonchev–Trinajstić information content (AvgIpc) is 3.53. The molecule has 1 atom stereocenters. The fraction of sp³-hybridized carbons (Fsp3) is 0.0741. The van der Waals surface area contributed by atoms with Gasteiger partial charge in [-0.15, -0.1) is 0 Å². The zero-order valence-electron chi connectivity index (χ0n) is 18.3. The third-order valence-electron chi connectivity index (χ3n) is 5.36. The standard InChI is InChI=1S/C27H21N3O4/c1-17(27(31)32)33-21-14-8-13-20(15-21)23-22(16-28-30-23)26-29-24(18-9-4-2-5-10-18)25(34-26)19-11-6-3-7-12-19/h2-17H,1H3,(H,28,30)(H,31,32). The van der Waals surface area contributed by atoms with Gasteiger partial charge < -0.3 is 14.3 Å². The molecule has 0 spiro atoms. The van der Waals surface area contributed by atoms with Crippen LogP contribution in [-0.4, -0.2) is 32.4 Å². The minimum Gasteiger partial charge on any atom is -0.479 e. The number of rotatable bonds is 7. The summed E-state index contributed by atoms with van der Waals surface area (Å²) in [7, 11) is 0. The molecule has 0 aliphatic rings. The Bertz CT molecular complexity index is 1370. The van der Waals surface area contributed by atoms with E-state index in [0.717, 1.165) is 22.4 Å². The summed E-state index contributed by atoms with van der Waals surface area (Å²) in [6.45, 7) is 1.49. The molecule has 0 aliphatic heterocycles. The average molecular weight is 451 g/mol. The van der Waals surface area contributed by atoms with E-state index in [4.69, 9.17) is 19.2 Å². The van der Waals surface area contributed by atoms with Crippen molar-refractivity contribution < 1.29 is 19.1 Å². The molecular weight excluding hydrogens is 430 g/mol. The third-order valence-corrected chi connectivity index (χ3v) is 5.36. The zero-order valence-corrected chi connectivity index (χ0v) is 18.3. The highest BCUT2D eigenvalue weighted by atomic mass is 16.5. The molecule has 1 unspecified atom stereocenters. The van der Waals surface area contributed by atoms with Crippen molar-refractivity contribution in [2.24, 2.45) is 0 Å². The van der Waals surface area contributed by atoms with Gasteiger partial charge in [-0.05, 0) is 19.1 Å². The highest BCUT2D eigenvalue weighted by molar-refractivity contribution is 5.82. The second-order valence-corrected chi connectivity index (χ2v) is 7.71. The summed E-state index contributed by atoms with van der Waals surface area (Å²) in [5, 5.41) is 16.4. The molecule has 5 aromatic rings. The quantitative estimate of drug-likeness (QED) is 0.319. The van der Waals surface area contributed by atoms with E-state index in [1.807, 2.05) is 66.7 Å². The number of hydrogen-bond acceptors (Lipinski definition) is 5. The predicted octanol–water partition coefficient (Wildman–Crippen LogP) is 5.92. The molecule has 0 amide bonds. The van der Waals surface area contributed by atoms with Crippen LogP contribution in [0.1, 0.15) is 6.92 Å². The number of carboxylic acid groups (broad SMARTS) is 1. The van der Waals surface area contributed by atoms with Crippen molar-refractivity contribution in [3.8, 4) is 51.0 Å². The molecule has 0 saturated heterocycles. The Morgan fingerprint density at radius 2 is 1.62 bits per heavy atom. The number of aromatic nitrogens is 3. The van der Waals surface area contributed by atoms with Gasteiger partial charge >= 0.3 is 5.97 Å². The Morgan fingerprint density at radius 1 is 0.941 bits per heavy atom. The Balaban J connectivity index is 1.58. The number of carbonyl (C=O) groups is 1. The fourth-order valence-corrected chi connectivity index (χ4v) is 3.66. The number of ether oxygens (including phenoxy) is 1. The van der Waals surface area contributed by atoms with Crippen molar-refractivity contribution in [1.82, 2.24) is 15.2 Å². The van der Waals surface area contributed by atoms with Crippen molar-refractivity contribution in [2.75, 3.05) is 0 Å². The lowest BCUT2D eigenvalue weighted by Crippen LogP contribution is -2.22. The number of nitrogens with zero attached hydrogens (tertiary/aromatic N) is 2. The predicted molar refractivity (Wildman–Crippen MR) is 128 cm³/mol. The molecule has 5 rings (SSSR count). The molecule has 0 fully saturated rings. The van der Waals surface area contributed by atoms with E-state index >= 15 is 0 Å². The minimum atomic E-state index is -1.03. The lowest BCUT2D eigenvalue weighted by molar-refractivity contribution is -0.144. The summed E-state index contributed by atoms with van der Waals surface area (Å²) in [4.78, 5) is 16.0. The molecule has 2 aromatic heterocycles. The fourth-order valence-electron chi connectivity index (χ4n) is 3.66. The van der Waals surface area contributed by atoms with Crippen LogP contribution in [0.3, 0.4) is 0 Å². The van der Waals surface area contributed by atoms with Gasteiger partial charge in [0.2, 0.25) is 5.89 Å². The van der Waals surface area contributed by atoms with Gasteiger partial charge in [-0.2, -0.15) is 5.10 Å². The first-order valence-electron chi connectivity index (χ1n) is 10.8. The number of H-pyrrole nitrogens is 1. The van der Waals surface area contributed by atoms with Crippen LogP contribution in [0.2, 0.25) is 0 Å². The van der Waals surface area contributed by atoms with Crippen LogP contribution < -0.4 is 4.74 Å². The van der Waals surface area contributed by atoms with Gasteiger partial charge in [0, 0.05) is 16.7 Å². The molecule has 2 N–H and O–H groups in total.